The second-order valence-electron chi connectivity index (χ2n) is 5.63. The summed E-state index contributed by atoms with van der Waals surface area (Å²) in [4.78, 5) is 9.41. The van der Waals surface area contributed by atoms with Gasteiger partial charge in [-0.15, -0.1) is 0 Å². The summed E-state index contributed by atoms with van der Waals surface area (Å²) in [5.41, 5.74) is 3.69. The maximum absolute atomic E-state index is 5.58. The van der Waals surface area contributed by atoms with E-state index in [0.717, 1.165) is 44.7 Å². The molecule has 0 radical (unpaired) electrons. The lowest BCUT2D eigenvalue weighted by atomic mass is 10.0. The molecule has 4 nitrogen and oxygen atoms in total. The van der Waals surface area contributed by atoms with Crippen molar-refractivity contribution in [3.05, 3.63) is 22.8 Å². The molecular weight excluding hydrogens is 262 g/mol. The summed E-state index contributed by atoms with van der Waals surface area (Å²) in [7, 11) is 0. The average Bonchev–Trinajstić information content (AvgIpc) is 2.47. The van der Waals surface area contributed by atoms with Gasteiger partial charge in [0.15, 0.2) is 5.82 Å². The molecule has 0 saturated heterocycles. The monoisotopic (exact) mass is 293 g/mol. The maximum atomic E-state index is 5.58. The molecule has 120 valence electrons. The van der Waals surface area contributed by atoms with Crippen LogP contribution in [0, 0.1) is 0 Å². The smallest absolute Gasteiger partial charge is 0.154 e. The lowest BCUT2D eigenvalue weighted by Gasteiger charge is -2.15. The van der Waals surface area contributed by atoms with Crippen molar-refractivity contribution in [2.75, 3.05) is 13.2 Å². The van der Waals surface area contributed by atoms with E-state index in [4.69, 9.17) is 14.7 Å². The Bertz CT molecular complexity index is 393. The molecule has 0 saturated carbocycles. The second-order valence-corrected chi connectivity index (χ2v) is 5.63. The fourth-order valence-electron chi connectivity index (χ4n) is 2.37. The molecule has 0 aliphatic carbocycles. The van der Waals surface area contributed by atoms with Crippen LogP contribution in [0.1, 0.15) is 63.8 Å². The van der Waals surface area contributed by atoms with Crippen molar-refractivity contribution in [1.29, 1.82) is 0 Å². The fraction of sp³-hybridized carbons (Fsp3) is 0.765. The average molecular weight is 293 g/mol. The van der Waals surface area contributed by atoms with E-state index in [1.807, 2.05) is 0 Å². The second kappa shape index (κ2) is 9.85. The summed E-state index contributed by atoms with van der Waals surface area (Å²) >= 11 is 0. The number of nitrogens with zero attached hydrogens (tertiary/aromatic N) is 2. The van der Waals surface area contributed by atoms with Gasteiger partial charge in [0.05, 0.1) is 0 Å². The van der Waals surface area contributed by atoms with Crippen LogP contribution < -0.4 is 5.32 Å². The Morgan fingerprint density at radius 1 is 1.05 bits per heavy atom. The van der Waals surface area contributed by atoms with Crippen LogP contribution in [0.5, 0.6) is 0 Å². The van der Waals surface area contributed by atoms with E-state index >= 15 is 0 Å². The molecule has 0 aromatic carbocycles. The number of hydrogen-bond acceptors (Lipinski definition) is 4. The van der Waals surface area contributed by atoms with Crippen molar-refractivity contribution in [3.8, 4) is 0 Å². The zero-order valence-corrected chi connectivity index (χ0v) is 14.3. The van der Waals surface area contributed by atoms with E-state index in [9.17, 15) is 0 Å². The summed E-state index contributed by atoms with van der Waals surface area (Å²) in [6.07, 6.45) is 3.93. The van der Waals surface area contributed by atoms with E-state index in [0.29, 0.717) is 12.6 Å². The molecule has 1 N–H and O–H groups in total. The summed E-state index contributed by atoms with van der Waals surface area (Å²) in [6, 6.07) is 0.516. The van der Waals surface area contributed by atoms with Gasteiger partial charge < -0.3 is 10.1 Å². The standard InChI is InChI=1S/C17H31N3O/c1-6-11-21-12-17-19-15(7-2)14(16(8-3)20-17)9-10-18-13(4)5/h13,18H,6-12H2,1-5H3. The molecule has 4 heteroatoms. The van der Waals surface area contributed by atoms with Gasteiger partial charge in [0, 0.05) is 24.0 Å². The van der Waals surface area contributed by atoms with Crippen molar-refractivity contribution in [3.63, 3.8) is 0 Å². The van der Waals surface area contributed by atoms with Crippen LogP contribution in [0.15, 0.2) is 0 Å². The molecule has 0 fully saturated rings. The van der Waals surface area contributed by atoms with Gasteiger partial charge in [-0.2, -0.15) is 0 Å². The quantitative estimate of drug-likeness (QED) is 0.674. The minimum absolute atomic E-state index is 0.516. The molecule has 0 unspecified atom stereocenters. The number of ether oxygens (including phenoxy) is 1. The maximum Gasteiger partial charge on any atom is 0.154 e. The first-order valence-corrected chi connectivity index (χ1v) is 8.30. The van der Waals surface area contributed by atoms with Crippen LogP contribution in [-0.4, -0.2) is 29.2 Å². The largest absolute Gasteiger partial charge is 0.373 e. The zero-order valence-electron chi connectivity index (χ0n) is 14.3. The third-order valence-corrected chi connectivity index (χ3v) is 3.40. The minimum atomic E-state index is 0.516. The molecule has 1 rings (SSSR count). The Labute approximate surface area is 129 Å². The normalized spacial score (nSPS) is 11.3. The number of aromatic nitrogens is 2. The van der Waals surface area contributed by atoms with E-state index in [-0.39, 0.29) is 0 Å². The van der Waals surface area contributed by atoms with E-state index in [2.05, 4.69) is 39.9 Å². The predicted octanol–water partition coefficient (Wildman–Crippen LogP) is 3.07. The Morgan fingerprint density at radius 2 is 1.67 bits per heavy atom. The van der Waals surface area contributed by atoms with Gasteiger partial charge in [-0.05, 0) is 37.8 Å². The third kappa shape index (κ3) is 6.10. The predicted molar refractivity (Wildman–Crippen MR) is 87.6 cm³/mol. The highest BCUT2D eigenvalue weighted by Gasteiger charge is 2.12. The Balaban J connectivity index is 2.85. The van der Waals surface area contributed by atoms with Crippen LogP contribution in [0.4, 0.5) is 0 Å². The van der Waals surface area contributed by atoms with Gasteiger partial charge in [-0.25, -0.2) is 9.97 Å². The van der Waals surface area contributed by atoms with Crippen LogP contribution >= 0.6 is 0 Å². The number of rotatable bonds is 10. The Kier molecular flexibility index (Phi) is 8.47. The molecular formula is C17H31N3O. The number of nitrogens with one attached hydrogen (secondary N) is 1. The first-order valence-electron chi connectivity index (χ1n) is 8.30. The van der Waals surface area contributed by atoms with Crippen molar-refractivity contribution in [1.82, 2.24) is 15.3 Å². The topological polar surface area (TPSA) is 47.0 Å². The van der Waals surface area contributed by atoms with E-state index in [1.165, 1.54) is 17.0 Å². The molecule has 0 atom stereocenters. The van der Waals surface area contributed by atoms with Gasteiger partial charge >= 0.3 is 0 Å². The van der Waals surface area contributed by atoms with E-state index < -0.39 is 0 Å². The van der Waals surface area contributed by atoms with Gasteiger partial charge in [-0.3, -0.25) is 0 Å². The Morgan fingerprint density at radius 3 is 2.14 bits per heavy atom. The first-order chi connectivity index (χ1) is 10.1. The molecule has 0 amide bonds. The lowest BCUT2D eigenvalue weighted by molar-refractivity contribution is 0.115. The molecule has 0 spiro atoms. The van der Waals surface area contributed by atoms with Crippen molar-refractivity contribution in [2.45, 2.75) is 73.0 Å². The molecule has 0 aliphatic heterocycles. The molecule has 1 heterocycles. The summed E-state index contributed by atoms with van der Waals surface area (Å²) in [5.74, 6) is 0.831. The van der Waals surface area contributed by atoms with Crippen LogP contribution in [0.2, 0.25) is 0 Å². The highest BCUT2D eigenvalue weighted by molar-refractivity contribution is 5.27. The third-order valence-electron chi connectivity index (χ3n) is 3.40. The number of hydrogen-bond donors (Lipinski definition) is 1. The van der Waals surface area contributed by atoms with Crippen molar-refractivity contribution < 1.29 is 4.74 Å². The van der Waals surface area contributed by atoms with Crippen LogP contribution in [0.25, 0.3) is 0 Å². The fourth-order valence-corrected chi connectivity index (χ4v) is 2.37. The van der Waals surface area contributed by atoms with Gasteiger partial charge in [-0.1, -0.05) is 34.6 Å². The Hall–Kier alpha value is -1.00. The van der Waals surface area contributed by atoms with Crippen molar-refractivity contribution >= 4 is 0 Å². The SMILES string of the molecule is CCCOCc1nc(CC)c(CCNC(C)C)c(CC)n1. The molecule has 1 aromatic rings. The highest BCUT2D eigenvalue weighted by atomic mass is 16.5. The molecule has 0 aliphatic rings. The van der Waals surface area contributed by atoms with E-state index in [1.54, 1.807) is 0 Å². The summed E-state index contributed by atoms with van der Waals surface area (Å²) < 4.78 is 5.58. The summed E-state index contributed by atoms with van der Waals surface area (Å²) in [6.45, 7) is 13.1. The van der Waals surface area contributed by atoms with Gasteiger partial charge in [0.25, 0.3) is 0 Å². The molecule has 0 bridgehead atoms. The molecule has 1 aromatic heterocycles. The lowest BCUT2D eigenvalue weighted by Crippen LogP contribution is -2.26. The van der Waals surface area contributed by atoms with Gasteiger partial charge in [0.2, 0.25) is 0 Å². The zero-order chi connectivity index (χ0) is 15.7. The van der Waals surface area contributed by atoms with Crippen molar-refractivity contribution in [2.24, 2.45) is 0 Å². The van der Waals surface area contributed by atoms with Crippen LogP contribution in [-0.2, 0) is 30.6 Å². The molecule has 21 heavy (non-hydrogen) atoms. The number of aryl methyl sites for hydroxylation is 2. The first kappa shape index (κ1) is 18.1. The summed E-state index contributed by atoms with van der Waals surface area (Å²) in [5, 5.41) is 3.47. The van der Waals surface area contributed by atoms with Crippen LogP contribution in [0.3, 0.4) is 0 Å². The van der Waals surface area contributed by atoms with Gasteiger partial charge in [0.1, 0.15) is 6.61 Å². The highest BCUT2D eigenvalue weighted by Crippen LogP contribution is 2.15. The minimum Gasteiger partial charge on any atom is -0.373 e.